The van der Waals surface area contributed by atoms with Gasteiger partial charge in [-0.05, 0) is 14.0 Å². The molecular weight excluding hydrogens is 254 g/mol. The predicted molar refractivity (Wildman–Crippen MR) is 86.6 cm³/mol. The van der Waals surface area contributed by atoms with Crippen LogP contribution in [-0.4, -0.2) is 107 Å². The lowest BCUT2D eigenvalue weighted by molar-refractivity contribution is -0.880. The molecule has 0 spiro atoms. The summed E-state index contributed by atoms with van der Waals surface area (Å²) in [5.41, 5.74) is 0. The summed E-state index contributed by atoms with van der Waals surface area (Å²) in [5, 5.41) is 9.38. The molecule has 124 valence electrons. The molecule has 0 saturated carbocycles. The molecule has 0 aliphatic heterocycles. The van der Waals surface area contributed by atoms with Gasteiger partial charge in [0.15, 0.2) is 0 Å². The van der Waals surface area contributed by atoms with E-state index in [1.807, 2.05) is 6.92 Å². The van der Waals surface area contributed by atoms with Crippen molar-refractivity contribution in [2.45, 2.75) is 20.0 Å². The first kappa shape index (κ1) is 22.1. The molecule has 0 heterocycles. The molecule has 0 aromatic heterocycles. The van der Waals surface area contributed by atoms with Gasteiger partial charge in [-0.2, -0.15) is 0 Å². The number of likely N-dealkylation sites (N-methyl/N-ethyl adjacent to an activating group) is 1. The minimum atomic E-state index is -0.338. The second-order valence-corrected chi connectivity index (χ2v) is 7.39. The summed E-state index contributed by atoms with van der Waals surface area (Å²) in [4.78, 5) is 2.31. The van der Waals surface area contributed by atoms with E-state index in [1.165, 1.54) is 0 Å². The van der Waals surface area contributed by atoms with Crippen LogP contribution < -0.4 is 0 Å². The molecule has 0 radical (unpaired) electrons. The van der Waals surface area contributed by atoms with E-state index >= 15 is 0 Å². The Morgan fingerprint density at radius 3 is 1.75 bits per heavy atom. The van der Waals surface area contributed by atoms with Crippen LogP contribution in [0.3, 0.4) is 0 Å². The van der Waals surface area contributed by atoms with E-state index in [0.717, 1.165) is 28.7 Å². The molecule has 1 N–H and O–H groups in total. The van der Waals surface area contributed by atoms with Crippen LogP contribution in [0.4, 0.5) is 0 Å². The van der Waals surface area contributed by atoms with E-state index in [0.29, 0.717) is 13.2 Å². The van der Waals surface area contributed by atoms with E-state index in [9.17, 15) is 5.11 Å². The summed E-state index contributed by atoms with van der Waals surface area (Å²) in [6.45, 7) is 8.22. The smallest absolute Gasteiger partial charge is 0.134 e. The van der Waals surface area contributed by atoms with Crippen molar-refractivity contribution in [1.82, 2.24) is 4.90 Å². The fourth-order valence-corrected chi connectivity index (χ4v) is 1.76. The maximum Gasteiger partial charge on any atom is 0.134 e. The van der Waals surface area contributed by atoms with Gasteiger partial charge in [-0.25, -0.2) is 0 Å². The Kier molecular flexibility index (Phi) is 11.6. The Morgan fingerprint density at radius 2 is 1.50 bits per heavy atom. The third kappa shape index (κ3) is 20.1. The Labute approximate surface area is 126 Å². The predicted octanol–water partition coefficient (Wildman–Crippen LogP) is 0.692. The van der Waals surface area contributed by atoms with Gasteiger partial charge in [0, 0.05) is 13.2 Å². The van der Waals surface area contributed by atoms with Crippen molar-refractivity contribution in [3.8, 4) is 0 Å². The lowest BCUT2D eigenvalue weighted by Gasteiger charge is -2.28. The van der Waals surface area contributed by atoms with Crippen molar-refractivity contribution in [3.05, 3.63) is 0 Å². The number of nitrogens with zero attached hydrogens (tertiary/aromatic N) is 3. The molecule has 0 fully saturated rings. The van der Waals surface area contributed by atoms with Crippen LogP contribution in [0.2, 0.25) is 0 Å². The normalized spacial score (nSPS) is 13.9. The van der Waals surface area contributed by atoms with Crippen LogP contribution in [0.25, 0.3) is 0 Å². The second-order valence-electron chi connectivity index (χ2n) is 7.39. The minimum Gasteiger partial charge on any atom is -0.385 e. The summed E-state index contributed by atoms with van der Waals surface area (Å²) in [6, 6.07) is 0. The van der Waals surface area contributed by atoms with Crippen LogP contribution in [0.1, 0.15) is 13.8 Å². The monoisotopic (exact) mass is 293 g/mol. The fourth-order valence-electron chi connectivity index (χ4n) is 1.76. The van der Waals surface area contributed by atoms with Crippen LogP contribution in [0, 0.1) is 0 Å². The standard InChI is InChI=1S/C8H20NO2.C7H19N2/c1-5-11-7-8(10)6-9(2,3)4;1-6-8(2)7-9(3,4)5/h8,10H,5-7H2,1-4H3;6-7H2,1-5H3/q2*+1. The van der Waals surface area contributed by atoms with Gasteiger partial charge in [-0.1, -0.05) is 6.92 Å². The Balaban J connectivity index is 0. The Hall–Kier alpha value is -0.200. The Morgan fingerprint density at radius 1 is 1.00 bits per heavy atom. The third-order valence-corrected chi connectivity index (χ3v) is 2.48. The van der Waals surface area contributed by atoms with E-state index in [2.05, 4.69) is 61.2 Å². The number of quaternary nitrogens is 2. The van der Waals surface area contributed by atoms with Gasteiger partial charge in [0.1, 0.15) is 19.3 Å². The molecule has 0 saturated heterocycles. The molecule has 5 nitrogen and oxygen atoms in total. The van der Waals surface area contributed by atoms with E-state index in [4.69, 9.17) is 4.74 Å². The number of hydrogen-bond acceptors (Lipinski definition) is 3. The highest BCUT2D eigenvalue weighted by atomic mass is 16.5. The van der Waals surface area contributed by atoms with Crippen molar-refractivity contribution < 1.29 is 18.8 Å². The molecular formula is C15H39N3O2+2. The van der Waals surface area contributed by atoms with Crippen LogP contribution in [0.15, 0.2) is 0 Å². The van der Waals surface area contributed by atoms with Gasteiger partial charge < -0.3 is 18.8 Å². The maximum absolute atomic E-state index is 9.38. The molecule has 0 aromatic rings. The number of aliphatic hydroxyl groups excluding tert-OH is 1. The summed E-state index contributed by atoms with van der Waals surface area (Å²) >= 11 is 0. The Bertz CT molecular complexity index is 222. The summed E-state index contributed by atoms with van der Waals surface area (Å²) in [5.74, 6) is 0. The quantitative estimate of drug-likeness (QED) is 0.528. The minimum absolute atomic E-state index is 0.338. The topological polar surface area (TPSA) is 32.7 Å². The zero-order valence-corrected chi connectivity index (χ0v) is 15.3. The maximum atomic E-state index is 9.38. The van der Waals surface area contributed by atoms with Gasteiger partial charge in [0.05, 0.1) is 48.9 Å². The number of aliphatic hydroxyl groups is 1. The molecule has 0 aliphatic rings. The van der Waals surface area contributed by atoms with Gasteiger partial charge in [0.2, 0.25) is 0 Å². The lowest BCUT2D eigenvalue weighted by Crippen LogP contribution is -2.43. The molecule has 0 rings (SSSR count). The van der Waals surface area contributed by atoms with Crippen LogP contribution in [0.5, 0.6) is 0 Å². The summed E-state index contributed by atoms with van der Waals surface area (Å²) < 4.78 is 6.87. The summed E-state index contributed by atoms with van der Waals surface area (Å²) in [7, 11) is 14.9. The number of hydrogen-bond donors (Lipinski definition) is 1. The molecule has 1 atom stereocenters. The van der Waals surface area contributed by atoms with Gasteiger partial charge >= 0.3 is 0 Å². The SMILES string of the molecule is CCN(C)C[N+](C)(C)C.CCOCC(O)C[N+](C)(C)C. The molecule has 0 aliphatic carbocycles. The number of ether oxygens (including phenoxy) is 1. The zero-order valence-electron chi connectivity index (χ0n) is 15.3. The molecule has 0 aromatic carbocycles. The summed E-state index contributed by atoms with van der Waals surface area (Å²) in [6.07, 6.45) is -0.338. The molecule has 0 amide bonds. The van der Waals surface area contributed by atoms with E-state index < -0.39 is 0 Å². The highest BCUT2D eigenvalue weighted by Crippen LogP contribution is 1.95. The van der Waals surface area contributed by atoms with Crippen molar-refractivity contribution in [2.75, 3.05) is 82.3 Å². The molecule has 1 unspecified atom stereocenters. The largest absolute Gasteiger partial charge is 0.385 e. The fraction of sp³-hybridized carbons (Fsp3) is 1.00. The first-order valence-electron chi connectivity index (χ1n) is 7.46. The van der Waals surface area contributed by atoms with Crippen molar-refractivity contribution >= 4 is 0 Å². The van der Waals surface area contributed by atoms with Crippen molar-refractivity contribution in [3.63, 3.8) is 0 Å². The van der Waals surface area contributed by atoms with Gasteiger partial charge in [0.25, 0.3) is 0 Å². The first-order valence-corrected chi connectivity index (χ1v) is 7.46. The zero-order chi connectivity index (χ0) is 16.4. The highest BCUT2D eigenvalue weighted by Gasteiger charge is 2.14. The highest BCUT2D eigenvalue weighted by molar-refractivity contribution is 4.50. The average molecular weight is 293 g/mol. The van der Waals surface area contributed by atoms with Gasteiger partial charge in [-0.15, -0.1) is 0 Å². The lowest BCUT2D eigenvalue weighted by atomic mass is 10.3. The number of rotatable bonds is 8. The molecule has 20 heavy (non-hydrogen) atoms. The first-order chi connectivity index (χ1) is 8.91. The van der Waals surface area contributed by atoms with Crippen LogP contribution in [-0.2, 0) is 4.74 Å². The molecule has 0 bridgehead atoms. The second kappa shape index (κ2) is 10.5. The van der Waals surface area contributed by atoms with E-state index in [-0.39, 0.29) is 6.10 Å². The third-order valence-electron chi connectivity index (χ3n) is 2.48. The van der Waals surface area contributed by atoms with Crippen LogP contribution >= 0.6 is 0 Å². The van der Waals surface area contributed by atoms with E-state index in [1.54, 1.807) is 0 Å². The average Bonchev–Trinajstić information content (AvgIpc) is 2.22. The van der Waals surface area contributed by atoms with Crippen molar-refractivity contribution in [2.24, 2.45) is 0 Å². The molecule has 5 heteroatoms. The van der Waals surface area contributed by atoms with Crippen molar-refractivity contribution in [1.29, 1.82) is 0 Å². The van der Waals surface area contributed by atoms with Gasteiger partial charge in [-0.3, -0.25) is 4.90 Å².